The number of hydrogen-bond donors (Lipinski definition) is 0. The van der Waals surface area contributed by atoms with Crippen LogP contribution in [0, 0.1) is 0 Å². The van der Waals surface area contributed by atoms with Crippen molar-refractivity contribution in [2.24, 2.45) is 0 Å². The summed E-state index contributed by atoms with van der Waals surface area (Å²) in [5, 5.41) is 8.94. The van der Waals surface area contributed by atoms with E-state index in [-0.39, 0.29) is 11.6 Å². The van der Waals surface area contributed by atoms with Crippen LogP contribution >= 0.6 is 0 Å². The molecule has 12 aromatic carbocycles. The summed E-state index contributed by atoms with van der Waals surface area (Å²) in [6, 6.07) is 92.0. The predicted molar refractivity (Wildman–Crippen MR) is 306 cm³/mol. The molecule has 0 radical (unpaired) electrons. The summed E-state index contributed by atoms with van der Waals surface area (Å²) in [5.41, 5.74) is 14.7. The van der Waals surface area contributed by atoms with E-state index in [0.29, 0.717) is 22.3 Å². The molecular formula is C70H44N2O2. The quantitative estimate of drug-likeness (QED) is 0.135. The Labute approximate surface area is 427 Å². The first-order valence-electron chi connectivity index (χ1n) is 25.1. The van der Waals surface area contributed by atoms with E-state index in [1.807, 2.05) is 84.9 Å². The minimum atomic E-state index is -0.0426. The summed E-state index contributed by atoms with van der Waals surface area (Å²) >= 11 is 0. The number of aromatic nitrogens is 2. The van der Waals surface area contributed by atoms with E-state index >= 15 is 0 Å². The number of hydrogen-bond acceptors (Lipinski definition) is 2. The Morgan fingerprint density at radius 1 is 0.243 bits per heavy atom. The lowest BCUT2D eigenvalue weighted by atomic mass is 9.81. The zero-order valence-electron chi connectivity index (χ0n) is 40.1. The lowest BCUT2D eigenvalue weighted by molar-refractivity contribution is 0.103. The molecule has 0 amide bonds. The second kappa shape index (κ2) is 17.4. The largest absolute Gasteiger partial charge is 0.309 e. The van der Waals surface area contributed by atoms with Gasteiger partial charge >= 0.3 is 0 Å². The fraction of sp³-hybridized carbons (Fsp3) is 0. The van der Waals surface area contributed by atoms with E-state index in [0.717, 1.165) is 88.4 Å². The molecule has 14 aromatic rings. The topological polar surface area (TPSA) is 44.0 Å². The number of para-hydroxylation sites is 4. The van der Waals surface area contributed by atoms with E-state index in [2.05, 4.69) is 191 Å². The molecule has 0 spiro atoms. The maximum absolute atomic E-state index is 14.4. The smallest absolute Gasteiger partial charge is 0.193 e. The Kier molecular flexibility index (Phi) is 10.1. The van der Waals surface area contributed by atoms with E-state index in [1.54, 1.807) is 0 Å². The number of benzene rings is 12. The van der Waals surface area contributed by atoms with Gasteiger partial charge < -0.3 is 9.13 Å². The Hall–Kier alpha value is -9.90. The summed E-state index contributed by atoms with van der Waals surface area (Å²) in [4.78, 5) is 28.9. The van der Waals surface area contributed by atoms with Crippen LogP contribution in [-0.2, 0) is 0 Å². The Morgan fingerprint density at radius 3 is 0.878 bits per heavy atom. The van der Waals surface area contributed by atoms with Crippen molar-refractivity contribution in [2.75, 3.05) is 0 Å². The first-order valence-corrected chi connectivity index (χ1v) is 25.1. The molecule has 2 aromatic heterocycles. The van der Waals surface area contributed by atoms with Crippen LogP contribution in [0.15, 0.2) is 267 Å². The normalized spacial score (nSPS) is 11.6. The van der Waals surface area contributed by atoms with Crippen LogP contribution in [0.1, 0.15) is 31.8 Å². The van der Waals surface area contributed by atoms with Crippen molar-refractivity contribution in [3.05, 3.63) is 289 Å². The molecule has 74 heavy (non-hydrogen) atoms. The molecule has 0 saturated carbocycles. The van der Waals surface area contributed by atoms with Gasteiger partial charge in [-0.1, -0.05) is 218 Å². The van der Waals surface area contributed by atoms with Gasteiger partial charge in [0.05, 0.1) is 33.4 Å². The first kappa shape index (κ1) is 42.9. The average molecular weight is 945 g/mol. The molecule has 14 rings (SSSR count). The summed E-state index contributed by atoms with van der Waals surface area (Å²) in [5.74, 6) is -0.0852. The lowest BCUT2D eigenvalue weighted by Gasteiger charge is -2.24. The predicted octanol–water partition coefficient (Wildman–Crippen LogP) is 17.7. The van der Waals surface area contributed by atoms with Crippen LogP contribution < -0.4 is 0 Å². The molecule has 0 atom stereocenters. The van der Waals surface area contributed by atoms with Gasteiger partial charge in [-0.05, 0) is 92.7 Å². The fourth-order valence-electron chi connectivity index (χ4n) is 11.6. The number of carbonyl (C=O) groups excluding carboxylic acids is 2. The summed E-state index contributed by atoms with van der Waals surface area (Å²) in [7, 11) is 0. The van der Waals surface area contributed by atoms with E-state index < -0.39 is 0 Å². The molecule has 4 nitrogen and oxygen atoms in total. The number of nitrogens with zero attached hydrogens (tertiary/aromatic N) is 2. The van der Waals surface area contributed by atoms with Crippen molar-refractivity contribution < 1.29 is 9.59 Å². The highest BCUT2D eigenvalue weighted by Crippen LogP contribution is 2.51. The maximum Gasteiger partial charge on any atom is 0.193 e. The number of carbonyl (C=O) groups is 2. The average Bonchev–Trinajstić information content (AvgIpc) is 3.99. The van der Waals surface area contributed by atoms with Gasteiger partial charge in [0.1, 0.15) is 0 Å². The van der Waals surface area contributed by atoms with E-state index in [1.165, 1.54) is 21.5 Å². The standard InChI is InChI=1S/C70H44N2O2/c73-69(45-21-3-1-4-22-45)49-27-19-25-47(41-49)59-43-65(71-61-37-15-11-29-51(61)52-30-12-16-38-62(52)71)55-33-7-9-35-57(55)67(59)68-58-36-10-8-34-56(58)66(72-63-39-17-13-31-53(63)54-32-14-18-40-64(54)72)44-60(68)48-26-20-28-50(42-48)70(74)46-23-5-2-6-24-46/h1-44H. The minimum Gasteiger partial charge on any atom is -0.309 e. The molecule has 4 heteroatoms. The zero-order valence-corrected chi connectivity index (χ0v) is 40.1. The highest BCUT2D eigenvalue weighted by molar-refractivity contribution is 6.21. The van der Waals surface area contributed by atoms with Crippen LogP contribution in [0.4, 0.5) is 0 Å². The van der Waals surface area contributed by atoms with Gasteiger partial charge in [-0.25, -0.2) is 0 Å². The Morgan fingerprint density at radius 2 is 0.527 bits per heavy atom. The molecule has 0 aliphatic rings. The molecule has 0 unspecified atom stereocenters. The zero-order chi connectivity index (χ0) is 49.3. The molecule has 346 valence electrons. The highest BCUT2D eigenvalue weighted by atomic mass is 16.1. The van der Waals surface area contributed by atoms with Crippen molar-refractivity contribution >= 4 is 76.7 Å². The van der Waals surface area contributed by atoms with E-state index in [9.17, 15) is 9.59 Å². The van der Waals surface area contributed by atoms with Crippen molar-refractivity contribution in [3.8, 4) is 44.8 Å². The summed E-state index contributed by atoms with van der Waals surface area (Å²) in [6.45, 7) is 0. The third-order valence-corrected chi connectivity index (χ3v) is 14.9. The Balaban J connectivity index is 1.14. The third kappa shape index (κ3) is 6.84. The van der Waals surface area contributed by atoms with Gasteiger partial charge in [0.25, 0.3) is 0 Å². The molecular weight excluding hydrogens is 901 g/mol. The van der Waals surface area contributed by atoms with Crippen molar-refractivity contribution in [1.82, 2.24) is 9.13 Å². The highest BCUT2D eigenvalue weighted by Gasteiger charge is 2.27. The van der Waals surface area contributed by atoms with Crippen LogP contribution in [0.25, 0.3) is 110 Å². The maximum atomic E-state index is 14.4. The first-order chi connectivity index (χ1) is 36.6. The van der Waals surface area contributed by atoms with Gasteiger partial charge in [-0.3, -0.25) is 9.59 Å². The number of ketones is 2. The second-order valence-electron chi connectivity index (χ2n) is 19.0. The van der Waals surface area contributed by atoms with Gasteiger partial charge in [-0.2, -0.15) is 0 Å². The van der Waals surface area contributed by atoms with Crippen molar-refractivity contribution in [3.63, 3.8) is 0 Å². The SMILES string of the molecule is O=C(c1ccccc1)c1cccc(-c2cc(-n3c4ccccc4c4ccccc43)c3ccccc3c2-c2c(-c3cccc(C(=O)c4ccccc4)c3)cc(-n3c4ccccc4c4ccccc43)c3ccccc23)c1. The van der Waals surface area contributed by atoms with Crippen molar-refractivity contribution in [2.45, 2.75) is 0 Å². The molecule has 0 N–H and O–H groups in total. The summed E-state index contributed by atoms with van der Waals surface area (Å²) < 4.78 is 4.81. The molecule has 0 aliphatic heterocycles. The summed E-state index contributed by atoms with van der Waals surface area (Å²) in [6.07, 6.45) is 0. The molecule has 0 saturated heterocycles. The number of fused-ring (bicyclic) bond motifs is 8. The minimum absolute atomic E-state index is 0.0426. The molecule has 0 bridgehead atoms. The molecule has 0 aliphatic carbocycles. The van der Waals surface area contributed by atoms with Crippen LogP contribution in [-0.4, -0.2) is 20.7 Å². The van der Waals surface area contributed by atoms with Crippen molar-refractivity contribution in [1.29, 1.82) is 0 Å². The second-order valence-corrected chi connectivity index (χ2v) is 19.0. The fourth-order valence-corrected chi connectivity index (χ4v) is 11.6. The van der Waals surface area contributed by atoms with Crippen LogP contribution in [0.2, 0.25) is 0 Å². The van der Waals surface area contributed by atoms with Crippen LogP contribution in [0.3, 0.4) is 0 Å². The lowest BCUT2D eigenvalue weighted by Crippen LogP contribution is -2.04. The van der Waals surface area contributed by atoms with Crippen LogP contribution in [0.5, 0.6) is 0 Å². The van der Waals surface area contributed by atoms with Gasteiger partial charge in [-0.15, -0.1) is 0 Å². The Bertz CT molecular complexity index is 4180. The van der Waals surface area contributed by atoms with Gasteiger partial charge in [0, 0.05) is 54.6 Å². The third-order valence-electron chi connectivity index (χ3n) is 14.9. The monoisotopic (exact) mass is 944 g/mol. The molecule has 0 fully saturated rings. The number of rotatable bonds is 9. The molecule has 2 heterocycles. The van der Waals surface area contributed by atoms with E-state index in [4.69, 9.17) is 0 Å². The van der Waals surface area contributed by atoms with Gasteiger partial charge in [0.2, 0.25) is 0 Å². The van der Waals surface area contributed by atoms with Gasteiger partial charge in [0.15, 0.2) is 11.6 Å².